The Morgan fingerprint density at radius 3 is 1.31 bits per heavy atom. The molecule has 0 aromatic rings. The van der Waals surface area contributed by atoms with Gasteiger partial charge in [0.15, 0.2) is 6.10 Å². The average Bonchev–Trinajstić information content (AvgIpc) is 3.11. The van der Waals surface area contributed by atoms with Crippen molar-refractivity contribution in [2.75, 3.05) is 13.2 Å². The summed E-state index contributed by atoms with van der Waals surface area (Å²) < 4.78 is 26.4. The van der Waals surface area contributed by atoms with Crippen molar-refractivity contribution in [3.8, 4) is 0 Å². The van der Waals surface area contributed by atoms with E-state index < -0.39 is 32.5 Å². The lowest BCUT2D eigenvalue weighted by atomic mass is 10.0. The molecule has 8 nitrogen and oxygen atoms in total. The number of carbonyl (C=O) groups excluding carboxylic acids is 2. The molecule has 0 saturated heterocycles. The molecule has 0 aliphatic rings. The van der Waals surface area contributed by atoms with E-state index in [9.17, 15) is 14.2 Å². The number of rotatable bonds is 40. The molecule has 0 saturated carbocycles. The van der Waals surface area contributed by atoms with Gasteiger partial charge in [0, 0.05) is 12.8 Å². The third kappa shape index (κ3) is 41.3. The molecule has 0 aliphatic carbocycles. The highest BCUT2D eigenvalue weighted by Gasteiger charge is 2.22. The van der Waals surface area contributed by atoms with Crippen LogP contribution in [0.2, 0.25) is 0 Å². The minimum absolute atomic E-state index is 0.206. The molecule has 9 heteroatoms. The number of esters is 2. The van der Waals surface area contributed by atoms with E-state index in [1.165, 1.54) is 135 Å². The summed E-state index contributed by atoms with van der Waals surface area (Å²) in [6.07, 6.45) is 44.7. The van der Waals surface area contributed by atoms with E-state index >= 15 is 0 Å². The predicted molar refractivity (Wildman–Crippen MR) is 216 cm³/mol. The predicted octanol–water partition coefficient (Wildman–Crippen LogP) is 13.2. The van der Waals surface area contributed by atoms with E-state index in [2.05, 4.69) is 42.7 Å². The first-order chi connectivity index (χ1) is 25.3. The summed E-state index contributed by atoms with van der Waals surface area (Å²) in [4.78, 5) is 42.9. The second-order valence-corrected chi connectivity index (χ2v) is 15.9. The molecule has 0 fully saturated rings. The highest BCUT2D eigenvalue weighted by Crippen LogP contribution is 2.36. The van der Waals surface area contributed by atoms with Gasteiger partial charge >= 0.3 is 19.8 Å². The maximum atomic E-state index is 12.4. The molecule has 0 heterocycles. The van der Waals surface area contributed by atoms with Gasteiger partial charge in [-0.15, -0.1) is 0 Å². The first-order valence-electron chi connectivity index (χ1n) is 21.6. The van der Waals surface area contributed by atoms with Crippen LogP contribution in [0, 0.1) is 0 Å². The molecule has 0 unspecified atom stereocenters. The summed E-state index contributed by atoms with van der Waals surface area (Å²) in [5.41, 5.74) is 0. The zero-order valence-corrected chi connectivity index (χ0v) is 34.6. The molecule has 0 spiro atoms. The summed E-state index contributed by atoms with van der Waals surface area (Å²) in [7, 11) is -4.75. The third-order valence-corrected chi connectivity index (χ3v) is 9.96. The fourth-order valence-electron chi connectivity index (χ4n) is 6.23. The smallest absolute Gasteiger partial charge is 0.462 e. The van der Waals surface area contributed by atoms with Crippen LogP contribution in [-0.2, 0) is 28.2 Å². The molecule has 0 aliphatic heterocycles. The molecule has 306 valence electrons. The van der Waals surface area contributed by atoms with Crippen LogP contribution < -0.4 is 0 Å². The largest absolute Gasteiger partial charge is 0.469 e. The normalized spacial score (nSPS) is 12.6. The number of phosphoric ester groups is 1. The molecule has 2 N–H and O–H groups in total. The van der Waals surface area contributed by atoms with Gasteiger partial charge in [-0.05, 0) is 44.9 Å². The van der Waals surface area contributed by atoms with Gasteiger partial charge in [0.05, 0.1) is 6.61 Å². The lowest BCUT2D eigenvalue weighted by Gasteiger charge is -2.18. The summed E-state index contributed by atoms with van der Waals surface area (Å²) in [6.45, 7) is 3.68. The van der Waals surface area contributed by atoms with Crippen molar-refractivity contribution in [3.63, 3.8) is 0 Å². The van der Waals surface area contributed by atoms with E-state index in [0.29, 0.717) is 6.42 Å². The Balaban J connectivity index is 3.89. The first kappa shape index (κ1) is 50.5. The topological polar surface area (TPSA) is 119 Å². The van der Waals surface area contributed by atoms with Crippen LogP contribution in [-0.4, -0.2) is 41.0 Å². The van der Waals surface area contributed by atoms with Gasteiger partial charge in [-0.25, -0.2) is 4.57 Å². The Morgan fingerprint density at radius 1 is 0.500 bits per heavy atom. The second-order valence-electron chi connectivity index (χ2n) is 14.7. The fraction of sp³-hybridized carbons (Fsp3) is 0.860. The zero-order chi connectivity index (χ0) is 38.2. The Bertz CT molecular complexity index is 900. The number of phosphoric acid groups is 1. The van der Waals surface area contributed by atoms with Crippen molar-refractivity contribution in [2.24, 2.45) is 0 Å². The zero-order valence-electron chi connectivity index (χ0n) is 33.7. The number of allylic oxidation sites excluding steroid dienone is 4. The van der Waals surface area contributed by atoms with Gasteiger partial charge < -0.3 is 19.3 Å². The van der Waals surface area contributed by atoms with Gasteiger partial charge in [-0.2, -0.15) is 0 Å². The fourth-order valence-corrected chi connectivity index (χ4v) is 6.59. The molecule has 0 amide bonds. The standard InChI is InChI=1S/C43H81O8P/c1-3-5-7-9-11-13-15-17-19-21-23-25-27-29-31-33-35-37-42(44)49-39-41(40-50-52(46,47)48)51-43(45)38-36-34-32-30-28-26-24-22-20-18-16-14-12-10-8-6-4-2/h12,14,18,20,41H,3-11,13,15-17,19,21-40H2,1-2H3,(H2,46,47,48)/b14-12-,20-18-/t41-/m1/s1. The van der Waals surface area contributed by atoms with Gasteiger partial charge in [-0.3, -0.25) is 14.1 Å². The highest BCUT2D eigenvalue weighted by molar-refractivity contribution is 7.46. The summed E-state index contributed by atoms with van der Waals surface area (Å²) >= 11 is 0. The lowest BCUT2D eigenvalue weighted by molar-refractivity contribution is -0.161. The van der Waals surface area contributed by atoms with Crippen molar-refractivity contribution in [2.45, 2.75) is 225 Å². The van der Waals surface area contributed by atoms with Gasteiger partial charge in [-0.1, -0.05) is 186 Å². The molecular weight excluding hydrogens is 675 g/mol. The monoisotopic (exact) mass is 757 g/mol. The van der Waals surface area contributed by atoms with Crippen molar-refractivity contribution in [1.29, 1.82) is 0 Å². The van der Waals surface area contributed by atoms with Crippen molar-refractivity contribution in [3.05, 3.63) is 24.3 Å². The number of ether oxygens (including phenoxy) is 2. The summed E-state index contributed by atoms with van der Waals surface area (Å²) in [6, 6.07) is 0. The maximum Gasteiger partial charge on any atom is 0.469 e. The van der Waals surface area contributed by atoms with Crippen molar-refractivity contribution < 1.29 is 37.9 Å². The highest BCUT2D eigenvalue weighted by atomic mass is 31.2. The van der Waals surface area contributed by atoms with Crippen LogP contribution in [0.3, 0.4) is 0 Å². The van der Waals surface area contributed by atoms with E-state index in [1.54, 1.807) is 0 Å². The average molecular weight is 757 g/mol. The number of hydrogen-bond donors (Lipinski definition) is 2. The van der Waals surface area contributed by atoms with Crippen LogP contribution in [0.1, 0.15) is 219 Å². The van der Waals surface area contributed by atoms with Gasteiger partial charge in [0.1, 0.15) is 6.61 Å². The van der Waals surface area contributed by atoms with E-state index in [1.807, 2.05) is 0 Å². The van der Waals surface area contributed by atoms with Crippen LogP contribution in [0.5, 0.6) is 0 Å². The minimum atomic E-state index is -4.75. The Labute approximate surface area is 319 Å². The number of unbranched alkanes of at least 4 members (excludes halogenated alkanes) is 26. The van der Waals surface area contributed by atoms with Crippen LogP contribution >= 0.6 is 7.82 Å². The lowest BCUT2D eigenvalue weighted by Crippen LogP contribution is -2.29. The molecule has 0 aromatic heterocycles. The first-order valence-corrected chi connectivity index (χ1v) is 23.2. The second kappa shape index (κ2) is 39.2. The van der Waals surface area contributed by atoms with Crippen LogP contribution in [0.4, 0.5) is 0 Å². The van der Waals surface area contributed by atoms with E-state index in [0.717, 1.165) is 51.4 Å². The van der Waals surface area contributed by atoms with Crippen LogP contribution in [0.15, 0.2) is 24.3 Å². The Kier molecular flexibility index (Phi) is 38.1. The quantitative estimate of drug-likeness (QED) is 0.0274. The van der Waals surface area contributed by atoms with Gasteiger partial charge in [0.25, 0.3) is 0 Å². The van der Waals surface area contributed by atoms with Gasteiger partial charge in [0.2, 0.25) is 0 Å². The molecule has 0 aromatic carbocycles. The number of hydrogen-bond acceptors (Lipinski definition) is 6. The van der Waals surface area contributed by atoms with E-state index in [-0.39, 0.29) is 19.4 Å². The Morgan fingerprint density at radius 2 is 0.865 bits per heavy atom. The SMILES string of the molecule is CCCCC/C=C\C/C=C\CCCCCCCCCC(=O)O[C@H](COC(=O)CCCCCCCCCCCCCCCCCCC)COP(=O)(O)O. The van der Waals surface area contributed by atoms with Crippen molar-refractivity contribution >= 4 is 19.8 Å². The van der Waals surface area contributed by atoms with E-state index in [4.69, 9.17) is 19.3 Å². The molecular formula is C43H81O8P. The third-order valence-electron chi connectivity index (χ3n) is 9.47. The number of carbonyl (C=O) groups is 2. The maximum absolute atomic E-state index is 12.4. The van der Waals surface area contributed by atoms with Crippen LogP contribution in [0.25, 0.3) is 0 Å². The molecule has 0 rings (SSSR count). The van der Waals surface area contributed by atoms with Crippen molar-refractivity contribution in [1.82, 2.24) is 0 Å². The molecule has 0 bridgehead atoms. The molecule has 52 heavy (non-hydrogen) atoms. The molecule has 0 radical (unpaired) electrons. The summed E-state index contributed by atoms with van der Waals surface area (Å²) in [5.74, 6) is -0.884. The Hall–Kier alpha value is -1.47. The minimum Gasteiger partial charge on any atom is -0.462 e. The molecule has 1 atom stereocenters. The summed E-state index contributed by atoms with van der Waals surface area (Å²) in [5, 5.41) is 0.